The van der Waals surface area contributed by atoms with Crippen LogP contribution in [-0.2, 0) is 4.79 Å². The van der Waals surface area contributed by atoms with Crippen LogP contribution < -0.4 is 0 Å². The summed E-state index contributed by atoms with van der Waals surface area (Å²) in [6, 6.07) is 7.91. The molecule has 0 unspecified atom stereocenters. The van der Waals surface area contributed by atoms with Crippen molar-refractivity contribution >= 4 is 40.3 Å². The number of hydrogen-bond acceptors (Lipinski definition) is 4. The van der Waals surface area contributed by atoms with E-state index in [1.165, 1.54) is 11.8 Å². The average molecular weight is 343 g/mol. The van der Waals surface area contributed by atoms with Gasteiger partial charge in [-0.2, -0.15) is 0 Å². The number of rotatable bonds is 3. The average Bonchev–Trinajstić information content (AvgIpc) is 2.96. The van der Waals surface area contributed by atoms with Gasteiger partial charge in [0.05, 0.1) is 4.91 Å². The van der Waals surface area contributed by atoms with E-state index in [4.69, 9.17) is 12.2 Å². The molecule has 2 aromatic rings. The van der Waals surface area contributed by atoms with Crippen LogP contribution in [0.2, 0.25) is 0 Å². The van der Waals surface area contributed by atoms with Gasteiger partial charge >= 0.3 is 0 Å². The zero-order chi connectivity index (χ0) is 16.6. The Morgan fingerprint density at radius 3 is 2.74 bits per heavy atom. The van der Waals surface area contributed by atoms with Crippen molar-refractivity contribution in [3.63, 3.8) is 0 Å². The van der Waals surface area contributed by atoms with Gasteiger partial charge in [-0.05, 0) is 50.6 Å². The lowest BCUT2D eigenvalue weighted by molar-refractivity contribution is -0.121. The molecule has 2 aromatic heterocycles. The Morgan fingerprint density at radius 1 is 1.35 bits per heavy atom. The van der Waals surface area contributed by atoms with E-state index >= 15 is 0 Å². The smallest absolute Gasteiger partial charge is 0.266 e. The molecule has 118 valence electrons. The molecule has 1 aliphatic rings. The van der Waals surface area contributed by atoms with E-state index < -0.39 is 0 Å². The third-order valence-electron chi connectivity index (χ3n) is 3.83. The first-order valence-corrected chi connectivity index (χ1v) is 8.61. The Bertz CT molecular complexity index is 809. The molecule has 3 heterocycles. The maximum atomic E-state index is 12.4. The van der Waals surface area contributed by atoms with E-state index in [1.807, 2.05) is 45.0 Å². The number of carbonyl (C=O) groups excluding carboxylic acids is 1. The summed E-state index contributed by atoms with van der Waals surface area (Å²) in [7, 11) is 0. The molecule has 0 atom stereocenters. The fourth-order valence-corrected chi connectivity index (χ4v) is 4.06. The number of nitrogens with zero attached hydrogens (tertiary/aromatic N) is 3. The fourth-order valence-electron chi connectivity index (χ4n) is 2.69. The standard InChI is InChI=1S/C17H17N3OS2/c1-4-19-16(21)14(23-17(19)22)10-13-9-11(2)20(12(13)3)15-7-5-6-8-18-15/h5-10H,4H2,1-3H3. The number of aromatic nitrogens is 2. The zero-order valence-corrected chi connectivity index (χ0v) is 14.9. The lowest BCUT2D eigenvalue weighted by Gasteiger charge is -2.09. The molecule has 0 saturated carbocycles. The number of pyridine rings is 1. The number of likely N-dealkylation sites (N-methyl/N-ethyl adjacent to an activating group) is 1. The van der Waals surface area contributed by atoms with Crippen LogP contribution in [0.4, 0.5) is 0 Å². The third kappa shape index (κ3) is 2.84. The second-order valence-corrected chi connectivity index (χ2v) is 6.95. The number of aryl methyl sites for hydroxylation is 1. The van der Waals surface area contributed by atoms with Crippen molar-refractivity contribution in [3.05, 3.63) is 52.3 Å². The molecule has 1 saturated heterocycles. The predicted molar refractivity (Wildman–Crippen MR) is 98.6 cm³/mol. The minimum absolute atomic E-state index is 0.00913. The molecule has 0 N–H and O–H groups in total. The highest BCUT2D eigenvalue weighted by Gasteiger charge is 2.30. The molecule has 0 aromatic carbocycles. The normalized spacial score (nSPS) is 16.7. The molecular formula is C17H17N3OS2. The first kappa shape index (κ1) is 16.0. The van der Waals surface area contributed by atoms with Gasteiger partial charge in [-0.3, -0.25) is 9.69 Å². The number of hydrogen-bond donors (Lipinski definition) is 0. The van der Waals surface area contributed by atoms with Crippen molar-refractivity contribution in [1.82, 2.24) is 14.5 Å². The Hall–Kier alpha value is -1.92. The van der Waals surface area contributed by atoms with Gasteiger partial charge in [0.25, 0.3) is 5.91 Å². The first-order chi connectivity index (χ1) is 11.0. The van der Waals surface area contributed by atoms with E-state index in [1.54, 1.807) is 11.1 Å². The quantitative estimate of drug-likeness (QED) is 0.629. The van der Waals surface area contributed by atoms with Gasteiger partial charge < -0.3 is 4.57 Å². The van der Waals surface area contributed by atoms with Crippen molar-refractivity contribution in [2.75, 3.05) is 6.54 Å². The van der Waals surface area contributed by atoms with Crippen molar-refractivity contribution < 1.29 is 4.79 Å². The molecule has 6 heteroatoms. The number of carbonyl (C=O) groups is 1. The van der Waals surface area contributed by atoms with Gasteiger partial charge in [0.1, 0.15) is 10.1 Å². The first-order valence-electron chi connectivity index (χ1n) is 7.38. The monoisotopic (exact) mass is 343 g/mol. The summed E-state index contributed by atoms with van der Waals surface area (Å²) in [5.41, 5.74) is 3.16. The molecule has 1 fully saturated rings. The Kier molecular flexibility index (Phi) is 4.37. The Labute approximate surface area is 145 Å². The molecule has 0 spiro atoms. The summed E-state index contributed by atoms with van der Waals surface area (Å²) >= 11 is 6.63. The molecule has 1 aliphatic heterocycles. The van der Waals surface area contributed by atoms with Crippen LogP contribution in [0.15, 0.2) is 35.4 Å². The summed E-state index contributed by atoms with van der Waals surface area (Å²) in [6.45, 7) is 6.61. The summed E-state index contributed by atoms with van der Waals surface area (Å²) in [6.07, 6.45) is 3.71. The van der Waals surface area contributed by atoms with Crippen LogP contribution in [0.1, 0.15) is 23.9 Å². The third-order valence-corrected chi connectivity index (χ3v) is 5.20. The van der Waals surface area contributed by atoms with E-state index in [0.29, 0.717) is 15.8 Å². The predicted octanol–water partition coefficient (Wildman–Crippen LogP) is 3.71. The summed E-state index contributed by atoms with van der Waals surface area (Å²) in [4.78, 5) is 19.1. The highest BCUT2D eigenvalue weighted by molar-refractivity contribution is 8.26. The van der Waals surface area contributed by atoms with E-state index in [0.717, 1.165) is 22.8 Å². The fraction of sp³-hybridized carbons (Fsp3) is 0.235. The molecule has 0 bridgehead atoms. The summed E-state index contributed by atoms with van der Waals surface area (Å²) in [5.74, 6) is 0.869. The van der Waals surface area contributed by atoms with Crippen LogP contribution >= 0.6 is 24.0 Å². The summed E-state index contributed by atoms with van der Waals surface area (Å²) < 4.78 is 2.72. The maximum Gasteiger partial charge on any atom is 0.266 e. The van der Waals surface area contributed by atoms with E-state index in [2.05, 4.69) is 15.6 Å². The van der Waals surface area contributed by atoms with Crippen LogP contribution in [0.25, 0.3) is 11.9 Å². The lowest BCUT2D eigenvalue weighted by Crippen LogP contribution is -2.27. The highest BCUT2D eigenvalue weighted by Crippen LogP contribution is 2.33. The van der Waals surface area contributed by atoms with Crippen molar-refractivity contribution in [1.29, 1.82) is 0 Å². The van der Waals surface area contributed by atoms with Gasteiger partial charge in [0, 0.05) is 24.1 Å². The van der Waals surface area contributed by atoms with E-state index in [-0.39, 0.29) is 5.91 Å². The molecular weight excluding hydrogens is 326 g/mol. The molecule has 0 radical (unpaired) electrons. The molecule has 0 aliphatic carbocycles. The van der Waals surface area contributed by atoms with Crippen molar-refractivity contribution in [2.45, 2.75) is 20.8 Å². The van der Waals surface area contributed by atoms with Crippen LogP contribution in [0.3, 0.4) is 0 Å². The number of thioether (sulfide) groups is 1. The van der Waals surface area contributed by atoms with Crippen LogP contribution in [0, 0.1) is 13.8 Å². The molecule has 23 heavy (non-hydrogen) atoms. The SMILES string of the molecule is CCN1C(=O)C(=Cc2cc(C)n(-c3ccccn3)c2C)SC1=S. The van der Waals surface area contributed by atoms with Gasteiger partial charge in [-0.1, -0.05) is 30.0 Å². The second kappa shape index (κ2) is 6.29. The molecule has 1 amide bonds. The minimum atomic E-state index is -0.00913. The Balaban J connectivity index is 2.02. The number of amides is 1. The topological polar surface area (TPSA) is 38.1 Å². The van der Waals surface area contributed by atoms with E-state index in [9.17, 15) is 4.79 Å². The lowest BCUT2D eigenvalue weighted by atomic mass is 10.2. The molecule has 4 nitrogen and oxygen atoms in total. The van der Waals surface area contributed by atoms with Gasteiger partial charge in [0.2, 0.25) is 0 Å². The van der Waals surface area contributed by atoms with Crippen LogP contribution in [0.5, 0.6) is 0 Å². The van der Waals surface area contributed by atoms with Crippen molar-refractivity contribution in [2.24, 2.45) is 0 Å². The van der Waals surface area contributed by atoms with Crippen molar-refractivity contribution in [3.8, 4) is 5.82 Å². The maximum absolute atomic E-state index is 12.4. The number of thiocarbonyl (C=S) groups is 1. The highest BCUT2D eigenvalue weighted by atomic mass is 32.2. The van der Waals surface area contributed by atoms with Gasteiger partial charge in [-0.15, -0.1) is 0 Å². The van der Waals surface area contributed by atoms with Gasteiger partial charge in [0.15, 0.2) is 0 Å². The minimum Gasteiger partial charge on any atom is -0.303 e. The zero-order valence-electron chi connectivity index (χ0n) is 13.2. The Morgan fingerprint density at radius 2 is 2.13 bits per heavy atom. The van der Waals surface area contributed by atoms with Gasteiger partial charge in [-0.25, -0.2) is 4.98 Å². The largest absolute Gasteiger partial charge is 0.303 e. The molecule has 3 rings (SSSR count). The van der Waals surface area contributed by atoms with Crippen LogP contribution in [-0.4, -0.2) is 31.2 Å². The summed E-state index contributed by atoms with van der Waals surface area (Å²) in [5, 5.41) is 0. The second-order valence-electron chi connectivity index (χ2n) is 5.28.